The second-order valence-corrected chi connectivity index (χ2v) is 5.00. The van der Waals surface area contributed by atoms with Gasteiger partial charge in [-0.1, -0.05) is 6.07 Å². The maximum absolute atomic E-state index is 13.7. The Bertz CT molecular complexity index is 968. The Morgan fingerprint density at radius 2 is 2.04 bits per heavy atom. The summed E-state index contributed by atoms with van der Waals surface area (Å²) in [7, 11) is 0. The summed E-state index contributed by atoms with van der Waals surface area (Å²) < 4.78 is 32.0. The normalized spacial score (nSPS) is 10.5. The summed E-state index contributed by atoms with van der Waals surface area (Å²) in [5.74, 6) is -2.23. The highest BCUT2D eigenvalue weighted by Gasteiger charge is 2.13. The van der Waals surface area contributed by atoms with Crippen LogP contribution in [0.4, 0.5) is 8.78 Å². The highest BCUT2D eigenvalue weighted by atomic mass is 19.1. The highest BCUT2D eigenvalue weighted by Crippen LogP contribution is 2.25. The van der Waals surface area contributed by atoms with Crippen LogP contribution >= 0.6 is 0 Å². The monoisotopic (exact) mass is 346 g/mol. The number of amides is 1. The van der Waals surface area contributed by atoms with Gasteiger partial charge in [0.2, 0.25) is 5.88 Å². The zero-order valence-corrected chi connectivity index (χ0v) is 12.7. The van der Waals surface area contributed by atoms with Gasteiger partial charge in [0.05, 0.1) is 0 Å². The van der Waals surface area contributed by atoms with E-state index in [-0.39, 0.29) is 23.9 Å². The van der Waals surface area contributed by atoms with Crippen molar-refractivity contribution in [1.82, 2.24) is 20.5 Å². The Kier molecular flexibility index (Phi) is 4.55. The molecular weight excluding hydrogens is 334 g/mol. The number of benzene rings is 1. The van der Waals surface area contributed by atoms with E-state index in [1.807, 2.05) is 0 Å². The quantitative estimate of drug-likeness (QED) is 0.659. The van der Waals surface area contributed by atoms with E-state index in [4.69, 9.17) is 4.74 Å². The number of ether oxygens (including phenoxy) is 1. The van der Waals surface area contributed by atoms with E-state index < -0.39 is 23.1 Å². The second-order valence-electron chi connectivity index (χ2n) is 5.00. The molecule has 3 N–H and O–H groups in total. The number of nitrogens with zero attached hydrogens (tertiary/aromatic N) is 1. The molecule has 0 saturated carbocycles. The minimum absolute atomic E-state index is 0.0258. The summed E-state index contributed by atoms with van der Waals surface area (Å²) in [5, 5.41) is 7.25. The van der Waals surface area contributed by atoms with Crippen LogP contribution in [0.25, 0.3) is 0 Å². The molecule has 3 rings (SSSR count). The number of hydrogen-bond donors (Lipinski definition) is 3. The van der Waals surface area contributed by atoms with Gasteiger partial charge in [0.25, 0.3) is 11.5 Å². The van der Waals surface area contributed by atoms with Gasteiger partial charge in [-0.15, -0.1) is 0 Å². The smallest absolute Gasteiger partial charge is 0.269 e. The number of halogens is 2. The molecule has 0 saturated heterocycles. The lowest BCUT2D eigenvalue weighted by Crippen LogP contribution is -2.23. The van der Waals surface area contributed by atoms with Crippen molar-refractivity contribution < 1.29 is 18.3 Å². The molecule has 0 spiro atoms. The number of aromatic nitrogens is 3. The van der Waals surface area contributed by atoms with Gasteiger partial charge in [0.1, 0.15) is 11.5 Å². The molecule has 1 amide bonds. The molecule has 0 atom stereocenters. The topological polar surface area (TPSA) is 99.9 Å². The zero-order valence-electron chi connectivity index (χ0n) is 12.7. The number of carbonyl (C=O) groups is 1. The molecule has 0 aliphatic rings. The summed E-state index contributed by atoms with van der Waals surface area (Å²) in [6, 6.07) is 7.26. The first-order valence-corrected chi connectivity index (χ1v) is 7.15. The summed E-state index contributed by atoms with van der Waals surface area (Å²) >= 11 is 0. The van der Waals surface area contributed by atoms with Gasteiger partial charge in [-0.2, -0.15) is 0 Å². The first-order chi connectivity index (χ1) is 12.0. The zero-order chi connectivity index (χ0) is 17.8. The van der Waals surface area contributed by atoms with Gasteiger partial charge in [0.15, 0.2) is 11.6 Å². The van der Waals surface area contributed by atoms with Gasteiger partial charge in [-0.25, -0.2) is 13.8 Å². The number of hydrogen-bond acceptors (Lipinski definition) is 4. The van der Waals surface area contributed by atoms with Crippen LogP contribution in [-0.4, -0.2) is 21.1 Å². The number of rotatable bonds is 5. The van der Waals surface area contributed by atoms with Crippen LogP contribution in [0.3, 0.4) is 0 Å². The minimum atomic E-state index is -0.870. The second kappa shape index (κ2) is 6.95. The van der Waals surface area contributed by atoms with E-state index in [9.17, 15) is 18.4 Å². The fourth-order valence-electron chi connectivity index (χ4n) is 2.04. The van der Waals surface area contributed by atoms with E-state index in [1.165, 1.54) is 6.20 Å². The molecule has 0 unspecified atom stereocenters. The molecule has 2 heterocycles. The van der Waals surface area contributed by atoms with Crippen molar-refractivity contribution >= 4 is 5.91 Å². The summed E-state index contributed by atoms with van der Waals surface area (Å²) in [6.07, 6.45) is 1.44. The SMILES string of the molecule is O=C(NCc1cccnc1Oc1ccc(F)cc1F)c1cc(=O)[nH][nH]1. The van der Waals surface area contributed by atoms with Crippen LogP contribution in [0.15, 0.2) is 47.4 Å². The lowest BCUT2D eigenvalue weighted by atomic mass is 10.2. The molecule has 0 radical (unpaired) electrons. The van der Waals surface area contributed by atoms with E-state index in [0.29, 0.717) is 11.6 Å². The fourth-order valence-corrected chi connectivity index (χ4v) is 2.04. The van der Waals surface area contributed by atoms with Gasteiger partial charge >= 0.3 is 0 Å². The molecule has 0 aliphatic carbocycles. The standard InChI is InChI=1S/C16H12F2N4O3/c17-10-3-4-13(11(18)6-10)25-16-9(2-1-5-19-16)8-20-15(24)12-7-14(23)22-21-12/h1-7H,8H2,(H,20,24)(H2,21,22,23). The number of nitrogens with one attached hydrogen (secondary N) is 3. The van der Waals surface area contributed by atoms with Gasteiger partial charge in [-0.3, -0.25) is 19.8 Å². The fraction of sp³-hybridized carbons (Fsp3) is 0.0625. The first kappa shape index (κ1) is 16.4. The van der Waals surface area contributed by atoms with Crippen molar-refractivity contribution in [2.75, 3.05) is 0 Å². The molecule has 0 aliphatic heterocycles. The summed E-state index contributed by atoms with van der Waals surface area (Å²) in [4.78, 5) is 26.9. The van der Waals surface area contributed by atoms with Crippen LogP contribution in [0.1, 0.15) is 16.1 Å². The molecule has 3 aromatic rings. The third-order valence-electron chi connectivity index (χ3n) is 3.23. The van der Waals surface area contributed by atoms with E-state index in [0.717, 1.165) is 18.2 Å². The Hall–Kier alpha value is -3.49. The largest absolute Gasteiger partial charge is 0.436 e. The molecular formula is C16H12F2N4O3. The number of aromatic amines is 2. The molecule has 128 valence electrons. The highest BCUT2D eigenvalue weighted by molar-refractivity contribution is 5.92. The Labute approximate surface area is 139 Å². The molecule has 7 nitrogen and oxygen atoms in total. The van der Waals surface area contributed by atoms with Crippen molar-refractivity contribution in [3.63, 3.8) is 0 Å². The van der Waals surface area contributed by atoms with E-state index in [1.54, 1.807) is 12.1 Å². The van der Waals surface area contributed by atoms with Crippen molar-refractivity contribution in [3.8, 4) is 11.6 Å². The summed E-state index contributed by atoms with van der Waals surface area (Å²) in [6.45, 7) is 0.0258. The average Bonchev–Trinajstić information content (AvgIpc) is 3.03. The van der Waals surface area contributed by atoms with Gasteiger partial charge in [0, 0.05) is 30.4 Å². The Morgan fingerprint density at radius 3 is 2.76 bits per heavy atom. The minimum Gasteiger partial charge on any atom is -0.436 e. The maximum Gasteiger partial charge on any atom is 0.269 e. The van der Waals surface area contributed by atoms with E-state index >= 15 is 0 Å². The molecule has 1 aromatic carbocycles. The lowest BCUT2D eigenvalue weighted by molar-refractivity contribution is 0.0945. The number of H-pyrrole nitrogens is 2. The molecule has 0 fully saturated rings. The predicted molar refractivity (Wildman–Crippen MR) is 83.3 cm³/mol. The molecule has 9 heteroatoms. The Morgan fingerprint density at radius 1 is 1.20 bits per heavy atom. The van der Waals surface area contributed by atoms with Crippen molar-refractivity contribution in [1.29, 1.82) is 0 Å². The molecule has 0 bridgehead atoms. The average molecular weight is 346 g/mol. The van der Waals surface area contributed by atoms with Crippen LogP contribution < -0.4 is 15.6 Å². The molecule has 25 heavy (non-hydrogen) atoms. The van der Waals surface area contributed by atoms with Crippen molar-refractivity contribution in [3.05, 3.63) is 75.8 Å². The van der Waals surface area contributed by atoms with Crippen LogP contribution in [-0.2, 0) is 6.54 Å². The predicted octanol–water partition coefficient (Wildman–Crippen LogP) is 2.10. The van der Waals surface area contributed by atoms with Gasteiger partial charge in [-0.05, 0) is 18.2 Å². The Balaban J connectivity index is 1.74. The van der Waals surface area contributed by atoms with Crippen molar-refractivity contribution in [2.24, 2.45) is 0 Å². The summed E-state index contributed by atoms with van der Waals surface area (Å²) in [5.41, 5.74) is 0.112. The lowest BCUT2D eigenvalue weighted by Gasteiger charge is -2.11. The third-order valence-corrected chi connectivity index (χ3v) is 3.23. The van der Waals surface area contributed by atoms with Gasteiger partial charge < -0.3 is 10.1 Å². The maximum atomic E-state index is 13.7. The van der Waals surface area contributed by atoms with Crippen LogP contribution in [0.2, 0.25) is 0 Å². The molecule has 2 aromatic heterocycles. The van der Waals surface area contributed by atoms with Crippen molar-refractivity contribution in [2.45, 2.75) is 6.54 Å². The first-order valence-electron chi connectivity index (χ1n) is 7.15. The van der Waals surface area contributed by atoms with E-state index in [2.05, 4.69) is 20.5 Å². The van der Waals surface area contributed by atoms with Crippen LogP contribution in [0, 0.1) is 11.6 Å². The number of pyridine rings is 1. The van der Waals surface area contributed by atoms with Crippen LogP contribution in [0.5, 0.6) is 11.6 Å². The third kappa shape index (κ3) is 3.89. The number of carbonyl (C=O) groups excluding carboxylic acids is 1.